The van der Waals surface area contributed by atoms with Gasteiger partial charge in [0.05, 0.1) is 11.6 Å². The molecule has 1 aromatic carbocycles. The molecule has 0 aliphatic rings. The Balaban J connectivity index is 2.58. The summed E-state index contributed by atoms with van der Waals surface area (Å²) in [6, 6.07) is 11.9. The van der Waals surface area contributed by atoms with Gasteiger partial charge in [-0.25, -0.2) is 4.39 Å². The van der Waals surface area contributed by atoms with Crippen LogP contribution < -0.4 is 0 Å². The Bertz CT molecular complexity index is 605. The number of hydrogen-bond acceptors (Lipinski definition) is 3. The van der Waals surface area contributed by atoms with Crippen LogP contribution in [0.3, 0.4) is 0 Å². The molecule has 0 aliphatic heterocycles. The van der Waals surface area contributed by atoms with Crippen LogP contribution in [-0.2, 0) is 0 Å². The van der Waals surface area contributed by atoms with E-state index in [4.69, 9.17) is 5.26 Å². The van der Waals surface area contributed by atoms with Crippen LogP contribution >= 0.6 is 11.3 Å². The van der Waals surface area contributed by atoms with Crippen LogP contribution in [0.25, 0.3) is 0 Å². The highest BCUT2D eigenvalue weighted by Gasteiger charge is 2.20. The number of nitriles is 2. The van der Waals surface area contributed by atoms with Gasteiger partial charge < -0.3 is 0 Å². The third-order valence-corrected chi connectivity index (χ3v) is 3.36. The van der Waals surface area contributed by atoms with Crippen molar-refractivity contribution in [1.82, 2.24) is 0 Å². The minimum absolute atomic E-state index is 0.0487. The maximum atomic E-state index is 13.5. The highest BCUT2D eigenvalue weighted by molar-refractivity contribution is 7.10. The second-order valence-electron chi connectivity index (χ2n) is 3.39. The van der Waals surface area contributed by atoms with Gasteiger partial charge in [-0.15, -0.1) is 11.3 Å². The van der Waals surface area contributed by atoms with Gasteiger partial charge in [-0.3, -0.25) is 0 Å². The number of halogens is 1. The molecule has 0 saturated carbocycles. The van der Waals surface area contributed by atoms with Gasteiger partial charge in [0.25, 0.3) is 0 Å². The summed E-state index contributed by atoms with van der Waals surface area (Å²) in [4.78, 5) is 0.814. The van der Waals surface area contributed by atoms with Crippen LogP contribution in [0, 0.1) is 28.5 Å². The van der Waals surface area contributed by atoms with Crippen molar-refractivity contribution >= 4 is 11.3 Å². The van der Waals surface area contributed by atoms with Crippen molar-refractivity contribution in [2.75, 3.05) is 0 Å². The van der Waals surface area contributed by atoms with Gasteiger partial charge in [-0.2, -0.15) is 10.5 Å². The molecule has 1 heterocycles. The van der Waals surface area contributed by atoms with Gasteiger partial charge in [0.2, 0.25) is 0 Å². The number of thiophene rings is 1. The Labute approximate surface area is 102 Å². The average molecular weight is 242 g/mol. The molecule has 4 heteroatoms. The number of nitrogens with zero attached hydrogens (tertiary/aromatic N) is 2. The zero-order valence-corrected chi connectivity index (χ0v) is 9.54. The second-order valence-corrected chi connectivity index (χ2v) is 4.37. The van der Waals surface area contributed by atoms with E-state index < -0.39 is 11.7 Å². The van der Waals surface area contributed by atoms with Gasteiger partial charge in [0.15, 0.2) is 0 Å². The average Bonchev–Trinajstić information content (AvgIpc) is 2.84. The fraction of sp³-hybridized carbons (Fsp3) is 0.0769. The van der Waals surface area contributed by atoms with E-state index >= 15 is 0 Å². The van der Waals surface area contributed by atoms with Crippen LogP contribution in [0.5, 0.6) is 0 Å². The van der Waals surface area contributed by atoms with E-state index in [9.17, 15) is 9.65 Å². The zero-order chi connectivity index (χ0) is 12.3. The fourth-order valence-corrected chi connectivity index (χ4v) is 2.43. The first-order valence-corrected chi connectivity index (χ1v) is 5.77. The van der Waals surface area contributed by atoms with Gasteiger partial charge in [0.1, 0.15) is 17.8 Å². The van der Waals surface area contributed by atoms with E-state index in [1.807, 2.05) is 23.6 Å². The monoisotopic (exact) mass is 242 g/mol. The molecule has 17 heavy (non-hydrogen) atoms. The Morgan fingerprint density at radius 1 is 1.18 bits per heavy atom. The lowest BCUT2D eigenvalue weighted by molar-refractivity contribution is 0.621. The van der Waals surface area contributed by atoms with E-state index in [1.54, 1.807) is 6.07 Å². The van der Waals surface area contributed by atoms with Crippen LogP contribution in [-0.4, -0.2) is 0 Å². The highest BCUT2D eigenvalue weighted by atomic mass is 32.1. The first-order chi connectivity index (χ1) is 8.27. The zero-order valence-electron chi connectivity index (χ0n) is 8.72. The second kappa shape index (κ2) is 4.78. The third-order valence-electron chi connectivity index (χ3n) is 2.43. The molecular weight excluding hydrogens is 235 g/mol. The molecule has 0 saturated heterocycles. The summed E-state index contributed by atoms with van der Waals surface area (Å²) in [7, 11) is 0. The maximum Gasteiger partial charge on any atom is 0.141 e. The molecule has 0 spiro atoms. The van der Waals surface area contributed by atoms with Crippen molar-refractivity contribution in [3.63, 3.8) is 0 Å². The lowest BCUT2D eigenvalue weighted by Gasteiger charge is -2.09. The lowest BCUT2D eigenvalue weighted by Crippen LogP contribution is -2.01. The minimum atomic E-state index is -0.583. The molecule has 0 amide bonds. The van der Waals surface area contributed by atoms with Crippen LogP contribution in [0.1, 0.15) is 21.9 Å². The predicted molar refractivity (Wildman–Crippen MR) is 62.9 cm³/mol. The lowest BCUT2D eigenvalue weighted by atomic mass is 9.94. The maximum absolute atomic E-state index is 13.5. The number of hydrogen-bond donors (Lipinski definition) is 0. The number of benzene rings is 1. The van der Waals surface area contributed by atoms with E-state index in [-0.39, 0.29) is 5.56 Å². The largest absolute Gasteiger partial charge is 0.206 e. The topological polar surface area (TPSA) is 47.6 Å². The standard InChI is InChI=1S/C13H7FN2S/c14-12-4-1-3-9(10(12)7-15)11(8-16)13-5-2-6-17-13/h1-6,11H/t11-/m0/s1. The molecule has 0 unspecified atom stereocenters. The first kappa shape index (κ1) is 11.3. The van der Waals surface area contributed by atoms with Crippen molar-refractivity contribution in [2.24, 2.45) is 0 Å². The van der Waals surface area contributed by atoms with Crippen molar-refractivity contribution in [3.8, 4) is 12.1 Å². The quantitative estimate of drug-likeness (QED) is 0.810. The molecule has 0 fully saturated rings. The molecular formula is C13H7FN2S. The SMILES string of the molecule is N#Cc1c(F)cccc1[C@H](C#N)c1cccs1. The molecule has 0 radical (unpaired) electrons. The van der Waals surface area contributed by atoms with Crippen molar-refractivity contribution in [3.05, 3.63) is 57.5 Å². The summed E-state index contributed by atoms with van der Waals surface area (Å²) >= 11 is 1.42. The molecule has 82 valence electrons. The van der Waals surface area contributed by atoms with Crippen LogP contribution in [0.2, 0.25) is 0 Å². The predicted octanol–water partition coefficient (Wildman–Crippen LogP) is 3.41. The van der Waals surface area contributed by atoms with Crippen LogP contribution in [0.4, 0.5) is 4.39 Å². The first-order valence-electron chi connectivity index (χ1n) is 4.89. The van der Waals surface area contributed by atoms with Crippen molar-refractivity contribution in [2.45, 2.75) is 5.92 Å². The van der Waals surface area contributed by atoms with Gasteiger partial charge in [0, 0.05) is 4.88 Å². The minimum Gasteiger partial charge on any atom is -0.206 e. The van der Waals surface area contributed by atoms with E-state index in [1.165, 1.54) is 23.5 Å². The Morgan fingerprint density at radius 3 is 2.59 bits per heavy atom. The summed E-state index contributed by atoms with van der Waals surface area (Å²) in [5, 5.41) is 20.0. The summed E-state index contributed by atoms with van der Waals surface area (Å²) in [5.41, 5.74) is 0.380. The fourth-order valence-electron chi connectivity index (χ4n) is 1.64. The highest BCUT2D eigenvalue weighted by Crippen LogP contribution is 2.30. The van der Waals surface area contributed by atoms with Crippen molar-refractivity contribution in [1.29, 1.82) is 10.5 Å². The van der Waals surface area contributed by atoms with Gasteiger partial charge in [-0.1, -0.05) is 18.2 Å². The Morgan fingerprint density at radius 2 is 2.00 bits per heavy atom. The normalized spacial score (nSPS) is 11.5. The Hall–Kier alpha value is -2.17. The van der Waals surface area contributed by atoms with Crippen molar-refractivity contribution < 1.29 is 4.39 Å². The molecule has 2 rings (SSSR count). The summed E-state index contributed by atoms with van der Waals surface area (Å²) < 4.78 is 13.5. The smallest absolute Gasteiger partial charge is 0.141 e. The molecule has 0 bridgehead atoms. The van der Waals surface area contributed by atoms with Crippen LogP contribution in [0.15, 0.2) is 35.7 Å². The summed E-state index contributed by atoms with van der Waals surface area (Å²) in [5.74, 6) is -1.16. The van der Waals surface area contributed by atoms with E-state index in [0.29, 0.717) is 5.56 Å². The molecule has 2 nitrogen and oxygen atoms in total. The third kappa shape index (κ3) is 2.04. The Kier molecular flexibility index (Phi) is 3.18. The number of rotatable bonds is 2. The molecule has 0 N–H and O–H groups in total. The van der Waals surface area contributed by atoms with E-state index in [2.05, 4.69) is 6.07 Å². The van der Waals surface area contributed by atoms with Gasteiger partial charge >= 0.3 is 0 Å². The molecule has 1 aromatic heterocycles. The molecule has 0 aliphatic carbocycles. The van der Waals surface area contributed by atoms with Gasteiger partial charge in [-0.05, 0) is 23.1 Å². The molecule has 1 atom stereocenters. The summed E-state index contributed by atoms with van der Waals surface area (Å²) in [6.45, 7) is 0. The van der Waals surface area contributed by atoms with E-state index in [0.717, 1.165) is 4.88 Å². The molecule has 2 aromatic rings. The summed E-state index contributed by atoms with van der Waals surface area (Å²) in [6.07, 6.45) is 0.